The molecule has 0 spiro atoms. The summed E-state index contributed by atoms with van der Waals surface area (Å²) >= 11 is 0. The first kappa shape index (κ1) is 16.6. The van der Waals surface area contributed by atoms with Crippen molar-refractivity contribution in [3.05, 3.63) is 89.8 Å². The van der Waals surface area contributed by atoms with Crippen molar-refractivity contribution >= 4 is 17.6 Å². The van der Waals surface area contributed by atoms with Crippen LogP contribution >= 0.6 is 0 Å². The maximum atomic E-state index is 13.2. The monoisotopic (exact) mass is 336 g/mol. The van der Waals surface area contributed by atoms with Crippen molar-refractivity contribution in [2.24, 2.45) is 0 Å². The van der Waals surface area contributed by atoms with Gasteiger partial charge in [0.05, 0.1) is 19.0 Å². The van der Waals surface area contributed by atoms with Crippen molar-refractivity contribution < 1.29 is 13.9 Å². The van der Waals surface area contributed by atoms with Gasteiger partial charge in [-0.25, -0.2) is 14.2 Å². The third kappa shape index (κ3) is 4.20. The Hall–Kier alpha value is -3.21. The van der Waals surface area contributed by atoms with E-state index in [2.05, 4.69) is 4.98 Å². The Labute approximate surface area is 145 Å². The lowest BCUT2D eigenvalue weighted by molar-refractivity contribution is 0.0600. The molecular weight excluding hydrogens is 319 g/mol. The summed E-state index contributed by atoms with van der Waals surface area (Å²) < 4.78 is 19.9. The quantitative estimate of drug-likeness (QED) is 0.521. The summed E-state index contributed by atoms with van der Waals surface area (Å²) in [6.07, 6.45) is 7.33. The fraction of sp³-hybridized carbons (Fsp3) is 0.100. The number of nitrogens with zero attached hydrogens (tertiary/aromatic N) is 2. The minimum absolute atomic E-state index is 0.270. The highest BCUT2D eigenvalue weighted by atomic mass is 19.1. The van der Waals surface area contributed by atoms with E-state index in [1.807, 2.05) is 29.0 Å². The minimum Gasteiger partial charge on any atom is -0.465 e. The summed E-state index contributed by atoms with van der Waals surface area (Å²) in [5, 5.41) is 0. The second kappa shape index (κ2) is 7.57. The predicted octanol–water partition coefficient (Wildman–Crippen LogP) is 4.05. The van der Waals surface area contributed by atoms with Gasteiger partial charge in [-0.15, -0.1) is 0 Å². The van der Waals surface area contributed by atoms with Gasteiger partial charge in [-0.2, -0.15) is 0 Å². The summed E-state index contributed by atoms with van der Waals surface area (Å²) in [5.41, 5.74) is 3.36. The summed E-state index contributed by atoms with van der Waals surface area (Å²) in [6.45, 7) is 0.602. The summed E-state index contributed by atoms with van der Waals surface area (Å²) in [7, 11) is 1.36. The Balaban J connectivity index is 1.93. The van der Waals surface area contributed by atoms with Gasteiger partial charge < -0.3 is 9.30 Å². The number of esters is 1. The molecule has 0 atom stereocenters. The Kier molecular flexibility index (Phi) is 5.04. The molecule has 0 fully saturated rings. The molecule has 0 saturated heterocycles. The number of ether oxygens (including phenoxy) is 1. The van der Waals surface area contributed by atoms with Gasteiger partial charge in [0.25, 0.3) is 0 Å². The number of halogens is 1. The molecule has 3 aromatic rings. The Morgan fingerprint density at radius 2 is 1.80 bits per heavy atom. The highest BCUT2D eigenvalue weighted by Gasteiger charge is 2.06. The Morgan fingerprint density at radius 1 is 1.12 bits per heavy atom. The third-order valence-electron chi connectivity index (χ3n) is 3.80. The number of imidazole rings is 1. The van der Waals surface area contributed by atoms with E-state index in [4.69, 9.17) is 4.74 Å². The predicted molar refractivity (Wildman–Crippen MR) is 94.3 cm³/mol. The van der Waals surface area contributed by atoms with Crippen LogP contribution in [0.25, 0.3) is 11.6 Å². The third-order valence-corrected chi connectivity index (χ3v) is 3.80. The van der Waals surface area contributed by atoms with Gasteiger partial charge in [0.2, 0.25) is 0 Å². The topological polar surface area (TPSA) is 44.1 Å². The maximum absolute atomic E-state index is 13.2. The number of aromatic nitrogens is 2. The van der Waals surface area contributed by atoms with Crippen LogP contribution in [0.2, 0.25) is 0 Å². The van der Waals surface area contributed by atoms with Gasteiger partial charge in [0, 0.05) is 18.9 Å². The first-order valence-electron chi connectivity index (χ1n) is 7.76. The van der Waals surface area contributed by atoms with Crippen molar-refractivity contribution in [3.63, 3.8) is 0 Å². The van der Waals surface area contributed by atoms with Crippen LogP contribution in [0, 0.1) is 5.82 Å². The van der Waals surface area contributed by atoms with Crippen LogP contribution in [0.4, 0.5) is 4.39 Å². The Morgan fingerprint density at radius 3 is 2.40 bits per heavy atom. The van der Waals surface area contributed by atoms with Crippen LogP contribution in [0.3, 0.4) is 0 Å². The van der Waals surface area contributed by atoms with E-state index in [0.717, 1.165) is 16.7 Å². The summed E-state index contributed by atoms with van der Waals surface area (Å²) in [5.74, 6) is -0.638. The van der Waals surface area contributed by atoms with Crippen molar-refractivity contribution in [2.75, 3.05) is 7.11 Å². The molecule has 0 amide bonds. The molecule has 0 bridgehead atoms. The van der Waals surface area contributed by atoms with E-state index in [1.54, 1.807) is 36.8 Å². The average Bonchev–Trinajstić information content (AvgIpc) is 3.15. The van der Waals surface area contributed by atoms with Crippen LogP contribution < -0.4 is 0 Å². The highest BCUT2D eigenvalue weighted by molar-refractivity contribution is 5.90. The fourth-order valence-electron chi connectivity index (χ4n) is 2.50. The number of hydrogen-bond donors (Lipinski definition) is 0. The fourth-order valence-corrected chi connectivity index (χ4v) is 2.50. The molecule has 0 aliphatic carbocycles. The number of hydrogen-bond acceptors (Lipinski definition) is 3. The largest absolute Gasteiger partial charge is 0.465 e. The van der Waals surface area contributed by atoms with Gasteiger partial charge in [-0.1, -0.05) is 24.3 Å². The van der Waals surface area contributed by atoms with Crippen LogP contribution in [0.5, 0.6) is 0 Å². The molecule has 1 aromatic heterocycles. The maximum Gasteiger partial charge on any atom is 0.337 e. The van der Waals surface area contributed by atoms with Gasteiger partial charge in [0.1, 0.15) is 5.82 Å². The lowest BCUT2D eigenvalue weighted by Gasteiger charge is -2.10. The van der Waals surface area contributed by atoms with Crippen molar-refractivity contribution in [3.8, 4) is 0 Å². The molecule has 3 rings (SSSR count). The molecule has 4 nitrogen and oxygen atoms in total. The molecule has 0 aliphatic heterocycles. The van der Waals surface area contributed by atoms with E-state index in [9.17, 15) is 9.18 Å². The summed E-state index contributed by atoms with van der Waals surface area (Å²) in [4.78, 5) is 15.6. The van der Waals surface area contributed by atoms with Gasteiger partial charge in [0.15, 0.2) is 0 Å². The van der Waals surface area contributed by atoms with Gasteiger partial charge in [-0.05, 0) is 47.0 Å². The first-order chi connectivity index (χ1) is 12.2. The molecule has 1 heterocycles. The lowest BCUT2D eigenvalue weighted by Crippen LogP contribution is -2.01. The van der Waals surface area contributed by atoms with Crippen molar-refractivity contribution in [1.82, 2.24) is 9.55 Å². The van der Waals surface area contributed by atoms with Gasteiger partial charge >= 0.3 is 5.97 Å². The second-order valence-electron chi connectivity index (χ2n) is 5.53. The highest BCUT2D eigenvalue weighted by Crippen LogP contribution is 2.21. The molecule has 2 aromatic carbocycles. The first-order valence-corrected chi connectivity index (χ1v) is 7.76. The summed E-state index contributed by atoms with van der Waals surface area (Å²) in [6, 6.07) is 13.5. The van der Waals surface area contributed by atoms with E-state index in [1.165, 1.54) is 19.2 Å². The zero-order valence-corrected chi connectivity index (χ0v) is 13.7. The van der Waals surface area contributed by atoms with E-state index in [0.29, 0.717) is 12.1 Å². The van der Waals surface area contributed by atoms with E-state index >= 15 is 0 Å². The molecule has 5 heteroatoms. The molecular formula is C20H17FN2O2. The number of carbonyl (C=O) groups is 1. The Bertz CT molecular complexity index is 867. The van der Waals surface area contributed by atoms with E-state index < -0.39 is 0 Å². The lowest BCUT2D eigenvalue weighted by atomic mass is 10.0. The zero-order valence-electron chi connectivity index (χ0n) is 13.7. The smallest absolute Gasteiger partial charge is 0.337 e. The number of allylic oxidation sites excluding steroid dienone is 1. The standard InChI is InChI=1S/C20H17FN2O2/c1-25-20(24)17-4-2-15(3-5-17)12-18(13-23-11-10-22-14-23)16-6-8-19(21)9-7-16/h2-12,14H,13H2,1H3/b18-12+. The molecule has 0 saturated carbocycles. The molecule has 0 aliphatic rings. The van der Waals surface area contributed by atoms with Crippen molar-refractivity contribution in [2.45, 2.75) is 6.54 Å². The average molecular weight is 336 g/mol. The van der Waals surface area contributed by atoms with Crippen molar-refractivity contribution in [1.29, 1.82) is 0 Å². The molecule has 0 unspecified atom stereocenters. The van der Waals surface area contributed by atoms with Crippen LogP contribution in [0.15, 0.2) is 67.3 Å². The number of rotatable bonds is 5. The van der Waals surface area contributed by atoms with Crippen LogP contribution in [0.1, 0.15) is 21.5 Å². The molecule has 0 radical (unpaired) electrons. The number of carbonyl (C=O) groups excluding carboxylic acids is 1. The van der Waals surface area contributed by atoms with Crippen LogP contribution in [-0.2, 0) is 11.3 Å². The van der Waals surface area contributed by atoms with E-state index in [-0.39, 0.29) is 11.8 Å². The molecule has 126 valence electrons. The SMILES string of the molecule is COC(=O)c1ccc(/C=C(\Cn2ccnc2)c2ccc(F)cc2)cc1. The normalized spacial score (nSPS) is 11.4. The molecule has 25 heavy (non-hydrogen) atoms. The minimum atomic E-state index is -0.368. The van der Waals surface area contributed by atoms with Crippen LogP contribution in [-0.4, -0.2) is 22.6 Å². The zero-order chi connectivity index (χ0) is 17.6. The number of benzene rings is 2. The second-order valence-corrected chi connectivity index (χ2v) is 5.53. The van der Waals surface area contributed by atoms with Gasteiger partial charge in [-0.3, -0.25) is 0 Å². The number of methoxy groups -OCH3 is 1. The molecule has 0 N–H and O–H groups in total.